The van der Waals surface area contributed by atoms with Gasteiger partial charge in [0.05, 0.1) is 5.41 Å². The minimum Gasteiger partial charge on any atom is -0.208 e. The predicted octanol–water partition coefficient (Wildman–Crippen LogP) is 10.4. The highest BCUT2D eigenvalue weighted by Gasteiger charge is 2.46. The van der Waals surface area contributed by atoms with Crippen molar-refractivity contribution in [3.63, 3.8) is 0 Å². The Labute approximate surface area is 283 Å². The van der Waals surface area contributed by atoms with E-state index in [-0.39, 0.29) is 0 Å². The SMILES string of the molecule is C#Cc1csc2ccc3c(c12)-c1ccccc1C3(c1ccccc1)c1ccc(-c2nc(-c3ccccc3)nc(-c3ccccc3)n2)cc1. The lowest BCUT2D eigenvalue weighted by atomic mass is 9.67. The molecule has 1 atom stereocenters. The second-order valence-electron chi connectivity index (χ2n) is 11.9. The summed E-state index contributed by atoms with van der Waals surface area (Å²) in [6, 6.07) is 53.1. The second-order valence-corrected chi connectivity index (χ2v) is 12.8. The molecule has 1 aliphatic rings. The van der Waals surface area contributed by atoms with Crippen LogP contribution in [0.4, 0.5) is 0 Å². The maximum Gasteiger partial charge on any atom is 0.164 e. The Bertz CT molecular complexity index is 2440. The Morgan fingerprint density at radius 1 is 0.500 bits per heavy atom. The molecular weight excluding hydrogens is 603 g/mol. The number of hydrogen-bond acceptors (Lipinski definition) is 4. The summed E-state index contributed by atoms with van der Waals surface area (Å²) in [7, 11) is 0. The average Bonchev–Trinajstić information content (AvgIpc) is 3.73. The van der Waals surface area contributed by atoms with Gasteiger partial charge in [0.15, 0.2) is 17.5 Å². The zero-order valence-corrected chi connectivity index (χ0v) is 26.7. The quantitative estimate of drug-likeness (QED) is 0.178. The van der Waals surface area contributed by atoms with E-state index in [0.717, 1.165) is 27.6 Å². The van der Waals surface area contributed by atoms with E-state index in [2.05, 4.69) is 102 Å². The highest BCUT2D eigenvalue weighted by atomic mass is 32.1. The third-order valence-corrected chi connectivity index (χ3v) is 10.3. The van der Waals surface area contributed by atoms with Gasteiger partial charge >= 0.3 is 0 Å². The number of aromatic nitrogens is 3. The van der Waals surface area contributed by atoms with Gasteiger partial charge in [-0.15, -0.1) is 17.8 Å². The number of terminal acetylenes is 1. The molecule has 3 nitrogen and oxygen atoms in total. The lowest BCUT2D eigenvalue weighted by Crippen LogP contribution is -2.28. The standard InChI is InChI=1S/C44H27N3S/c1-2-29-28-48-38-27-26-37-40(39(29)38)35-20-12-13-21-36(35)44(37,33-18-10-5-11-19-33)34-24-22-32(23-25-34)43-46-41(30-14-6-3-7-15-30)45-42(47-43)31-16-8-4-9-17-31/h1,3-28H. The van der Waals surface area contributed by atoms with Crippen molar-refractivity contribution in [3.05, 3.63) is 185 Å². The number of rotatable bonds is 5. The number of hydrogen-bond donors (Lipinski definition) is 0. The lowest BCUT2D eigenvalue weighted by Gasteiger charge is -2.34. The van der Waals surface area contributed by atoms with Crippen LogP contribution in [0.2, 0.25) is 0 Å². The molecule has 48 heavy (non-hydrogen) atoms. The molecule has 1 aliphatic carbocycles. The number of fused-ring (bicyclic) bond motifs is 5. The van der Waals surface area contributed by atoms with Crippen molar-refractivity contribution in [2.75, 3.05) is 0 Å². The fourth-order valence-electron chi connectivity index (χ4n) is 7.29. The maximum absolute atomic E-state index is 6.07. The van der Waals surface area contributed by atoms with Gasteiger partial charge in [-0.05, 0) is 39.4 Å². The van der Waals surface area contributed by atoms with Gasteiger partial charge in [-0.1, -0.05) is 152 Å². The van der Waals surface area contributed by atoms with Crippen molar-refractivity contribution in [3.8, 4) is 57.6 Å². The molecule has 0 saturated carbocycles. The van der Waals surface area contributed by atoms with Gasteiger partial charge in [0.2, 0.25) is 0 Å². The number of nitrogens with zero attached hydrogens (tertiary/aromatic N) is 3. The van der Waals surface area contributed by atoms with Gasteiger partial charge in [0.25, 0.3) is 0 Å². The summed E-state index contributed by atoms with van der Waals surface area (Å²) in [5.74, 6) is 4.89. The van der Waals surface area contributed by atoms with Crippen LogP contribution in [0.15, 0.2) is 157 Å². The highest BCUT2D eigenvalue weighted by molar-refractivity contribution is 7.17. The Morgan fingerprint density at radius 2 is 1.02 bits per heavy atom. The summed E-state index contributed by atoms with van der Waals surface area (Å²) >= 11 is 1.71. The van der Waals surface area contributed by atoms with Gasteiger partial charge in [0, 0.05) is 37.7 Å². The van der Waals surface area contributed by atoms with E-state index in [9.17, 15) is 0 Å². The summed E-state index contributed by atoms with van der Waals surface area (Å²) in [5, 5.41) is 3.27. The average molecular weight is 630 g/mol. The molecule has 2 heterocycles. The molecule has 9 rings (SSSR count). The molecule has 0 saturated heterocycles. The first-order valence-electron chi connectivity index (χ1n) is 15.9. The zero-order chi connectivity index (χ0) is 32.1. The molecule has 224 valence electrons. The Morgan fingerprint density at radius 3 is 1.62 bits per heavy atom. The third kappa shape index (κ3) is 4.26. The molecular formula is C44H27N3S. The summed E-state index contributed by atoms with van der Waals surface area (Å²) in [6.07, 6.45) is 6.07. The number of thiophene rings is 1. The van der Waals surface area contributed by atoms with Crippen molar-refractivity contribution in [2.24, 2.45) is 0 Å². The van der Waals surface area contributed by atoms with Crippen LogP contribution >= 0.6 is 11.3 Å². The number of benzene rings is 6. The van der Waals surface area contributed by atoms with Crippen LogP contribution in [0.3, 0.4) is 0 Å². The Balaban J connectivity index is 1.27. The van der Waals surface area contributed by atoms with Crippen molar-refractivity contribution < 1.29 is 0 Å². The van der Waals surface area contributed by atoms with Gasteiger partial charge in [-0.2, -0.15) is 0 Å². The molecule has 0 spiro atoms. The van der Waals surface area contributed by atoms with Crippen LogP contribution in [-0.2, 0) is 5.41 Å². The molecule has 0 aliphatic heterocycles. The molecule has 0 bridgehead atoms. The first-order chi connectivity index (χ1) is 23.8. The van der Waals surface area contributed by atoms with Crippen molar-refractivity contribution >= 4 is 21.4 Å². The molecule has 0 N–H and O–H groups in total. The van der Waals surface area contributed by atoms with Crippen LogP contribution in [0.5, 0.6) is 0 Å². The van der Waals surface area contributed by atoms with Crippen molar-refractivity contribution in [1.82, 2.24) is 15.0 Å². The first-order valence-corrected chi connectivity index (χ1v) is 16.8. The van der Waals surface area contributed by atoms with E-state index in [1.165, 1.54) is 38.1 Å². The van der Waals surface area contributed by atoms with Crippen molar-refractivity contribution in [2.45, 2.75) is 5.41 Å². The molecule has 0 amide bonds. The van der Waals surface area contributed by atoms with Crippen LogP contribution in [0.25, 0.3) is 55.4 Å². The summed E-state index contributed by atoms with van der Waals surface area (Å²) in [4.78, 5) is 14.8. The van der Waals surface area contributed by atoms with Crippen molar-refractivity contribution in [1.29, 1.82) is 0 Å². The summed E-state index contributed by atoms with van der Waals surface area (Å²) in [6.45, 7) is 0. The molecule has 0 fully saturated rings. The topological polar surface area (TPSA) is 38.7 Å². The van der Waals surface area contributed by atoms with Crippen LogP contribution in [0, 0.1) is 12.3 Å². The molecule has 1 unspecified atom stereocenters. The van der Waals surface area contributed by atoms with E-state index >= 15 is 0 Å². The predicted molar refractivity (Wildman–Crippen MR) is 197 cm³/mol. The minimum absolute atomic E-state index is 0.544. The van der Waals surface area contributed by atoms with Gasteiger partial charge in [0.1, 0.15) is 0 Å². The first kappa shape index (κ1) is 28.1. The largest absolute Gasteiger partial charge is 0.208 e. The maximum atomic E-state index is 6.07. The van der Waals surface area contributed by atoms with E-state index in [0.29, 0.717) is 17.5 Å². The van der Waals surface area contributed by atoms with Crippen LogP contribution < -0.4 is 0 Å². The lowest BCUT2D eigenvalue weighted by molar-refractivity contribution is 0.769. The molecule has 0 radical (unpaired) electrons. The Kier molecular flexibility index (Phi) is 6.60. The van der Waals surface area contributed by atoms with E-state index < -0.39 is 5.41 Å². The highest BCUT2D eigenvalue weighted by Crippen LogP contribution is 2.58. The fraction of sp³-hybridized carbons (Fsp3) is 0.0227. The Hall–Kier alpha value is -6.15. The zero-order valence-electron chi connectivity index (χ0n) is 25.8. The van der Waals surface area contributed by atoms with E-state index in [1.54, 1.807) is 11.3 Å². The molecule has 8 aromatic rings. The molecule has 4 heteroatoms. The van der Waals surface area contributed by atoms with Gasteiger partial charge < -0.3 is 0 Å². The van der Waals surface area contributed by atoms with Gasteiger partial charge in [-0.25, -0.2) is 15.0 Å². The third-order valence-electron chi connectivity index (χ3n) is 9.38. The van der Waals surface area contributed by atoms with Crippen LogP contribution in [0.1, 0.15) is 27.8 Å². The molecule has 2 aromatic heterocycles. The van der Waals surface area contributed by atoms with E-state index in [4.69, 9.17) is 21.4 Å². The fourth-order valence-corrected chi connectivity index (χ4v) is 8.19. The van der Waals surface area contributed by atoms with E-state index in [1.807, 2.05) is 60.7 Å². The summed E-state index contributed by atoms with van der Waals surface area (Å²) in [5.41, 5.74) is 10.5. The monoisotopic (exact) mass is 629 g/mol. The smallest absolute Gasteiger partial charge is 0.164 e. The normalized spacial score (nSPS) is 14.7. The van der Waals surface area contributed by atoms with Gasteiger partial charge in [-0.3, -0.25) is 0 Å². The summed E-state index contributed by atoms with van der Waals surface area (Å²) < 4.78 is 1.20. The molecule has 6 aromatic carbocycles. The van der Waals surface area contributed by atoms with Crippen LogP contribution in [-0.4, -0.2) is 15.0 Å². The minimum atomic E-state index is -0.544. The second kappa shape index (κ2) is 11.3.